The Morgan fingerprint density at radius 3 is 3.33 bits per heavy atom. The molecule has 1 amide bonds. The highest BCUT2D eigenvalue weighted by atomic mass is 16.5. The molecule has 7 nitrogen and oxygen atoms in total. The third kappa shape index (κ3) is 3.42. The molecule has 2 aliphatic heterocycles. The van der Waals surface area contributed by atoms with Crippen LogP contribution in [-0.2, 0) is 22.4 Å². The van der Waals surface area contributed by atoms with Gasteiger partial charge in [0.15, 0.2) is 5.69 Å². The molecule has 1 saturated heterocycles. The Hall–Kier alpha value is -1.44. The quantitative estimate of drug-likeness (QED) is 0.710. The van der Waals surface area contributed by atoms with Crippen LogP contribution in [0, 0.1) is 0 Å². The number of aromatic amines is 1. The summed E-state index contributed by atoms with van der Waals surface area (Å²) in [6.07, 6.45) is 1.97. The number of aromatic nitrogens is 2. The van der Waals surface area contributed by atoms with Crippen LogP contribution in [0.4, 0.5) is 0 Å². The molecule has 3 rings (SSSR count). The number of carbonyl (C=O) groups is 1. The molecule has 0 saturated carbocycles. The number of nitrogens with one attached hydrogen (secondary N) is 3. The average molecular weight is 294 g/mol. The van der Waals surface area contributed by atoms with Gasteiger partial charge in [0.2, 0.25) is 0 Å². The first-order valence-corrected chi connectivity index (χ1v) is 7.51. The number of nitrogens with zero attached hydrogens (tertiary/aromatic N) is 1. The zero-order valence-corrected chi connectivity index (χ0v) is 12.3. The first kappa shape index (κ1) is 14.5. The van der Waals surface area contributed by atoms with Crippen molar-refractivity contribution in [2.24, 2.45) is 0 Å². The molecule has 0 aromatic carbocycles. The van der Waals surface area contributed by atoms with Crippen LogP contribution in [0.5, 0.6) is 0 Å². The lowest BCUT2D eigenvalue weighted by atomic mass is 10.1. The van der Waals surface area contributed by atoms with Gasteiger partial charge in [-0.25, -0.2) is 0 Å². The van der Waals surface area contributed by atoms with Crippen LogP contribution in [0.15, 0.2) is 0 Å². The Morgan fingerprint density at radius 1 is 1.62 bits per heavy atom. The van der Waals surface area contributed by atoms with Crippen molar-refractivity contribution >= 4 is 5.91 Å². The minimum absolute atomic E-state index is 0.0537. The van der Waals surface area contributed by atoms with E-state index >= 15 is 0 Å². The normalized spacial score (nSPS) is 22.8. The van der Waals surface area contributed by atoms with Crippen molar-refractivity contribution in [3.8, 4) is 0 Å². The van der Waals surface area contributed by atoms with Gasteiger partial charge in [0.25, 0.3) is 5.91 Å². The van der Waals surface area contributed by atoms with E-state index < -0.39 is 0 Å². The van der Waals surface area contributed by atoms with Crippen LogP contribution in [0.3, 0.4) is 0 Å². The number of hydrogen-bond acceptors (Lipinski definition) is 5. The fraction of sp³-hybridized carbons (Fsp3) is 0.714. The highest BCUT2D eigenvalue weighted by Crippen LogP contribution is 2.15. The molecular weight excluding hydrogens is 272 g/mol. The smallest absolute Gasteiger partial charge is 0.272 e. The van der Waals surface area contributed by atoms with E-state index in [1.165, 1.54) is 0 Å². The highest BCUT2D eigenvalue weighted by molar-refractivity contribution is 5.94. The fourth-order valence-electron chi connectivity index (χ4n) is 2.67. The van der Waals surface area contributed by atoms with Crippen molar-refractivity contribution in [2.75, 3.05) is 26.4 Å². The number of H-pyrrole nitrogens is 1. The summed E-state index contributed by atoms with van der Waals surface area (Å²) < 4.78 is 11.0. The topological polar surface area (TPSA) is 88.3 Å². The Morgan fingerprint density at radius 2 is 2.52 bits per heavy atom. The first-order chi connectivity index (χ1) is 10.2. The summed E-state index contributed by atoms with van der Waals surface area (Å²) in [5.74, 6) is -0.144. The molecular formula is C14H22N4O3. The lowest BCUT2D eigenvalue weighted by Gasteiger charge is -2.17. The summed E-state index contributed by atoms with van der Waals surface area (Å²) in [5.41, 5.74) is 2.54. The summed E-state index contributed by atoms with van der Waals surface area (Å²) in [7, 11) is 0. The third-order valence-electron chi connectivity index (χ3n) is 3.87. The van der Waals surface area contributed by atoms with Crippen LogP contribution in [0.1, 0.15) is 35.1 Å². The molecule has 1 aromatic rings. The van der Waals surface area contributed by atoms with E-state index in [2.05, 4.69) is 20.8 Å². The monoisotopic (exact) mass is 294 g/mol. The summed E-state index contributed by atoms with van der Waals surface area (Å²) in [6, 6.07) is -0.0537. The highest BCUT2D eigenvalue weighted by Gasteiger charge is 2.23. The predicted molar refractivity (Wildman–Crippen MR) is 76.1 cm³/mol. The van der Waals surface area contributed by atoms with Crippen molar-refractivity contribution in [3.05, 3.63) is 17.0 Å². The zero-order valence-electron chi connectivity index (χ0n) is 12.3. The summed E-state index contributed by atoms with van der Waals surface area (Å²) in [4.78, 5) is 12.3. The van der Waals surface area contributed by atoms with Crippen molar-refractivity contribution in [1.82, 2.24) is 20.8 Å². The Labute approximate surface area is 123 Å². The van der Waals surface area contributed by atoms with Gasteiger partial charge >= 0.3 is 0 Å². The lowest BCUT2D eigenvalue weighted by molar-refractivity contribution is 0.0318. The van der Waals surface area contributed by atoms with Crippen molar-refractivity contribution < 1.29 is 14.3 Å². The molecule has 2 aliphatic rings. The minimum atomic E-state index is -0.144. The number of fused-ring (bicyclic) bond motifs is 1. The van der Waals surface area contributed by atoms with E-state index in [1.807, 2.05) is 6.92 Å². The molecule has 1 fully saturated rings. The van der Waals surface area contributed by atoms with Crippen LogP contribution >= 0.6 is 0 Å². The first-order valence-electron chi connectivity index (χ1n) is 7.51. The van der Waals surface area contributed by atoms with Gasteiger partial charge in [-0.15, -0.1) is 0 Å². The van der Waals surface area contributed by atoms with Gasteiger partial charge < -0.3 is 20.1 Å². The summed E-state index contributed by atoms with van der Waals surface area (Å²) >= 11 is 0. The van der Waals surface area contributed by atoms with Gasteiger partial charge in [0, 0.05) is 43.4 Å². The maximum Gasteiger partial charge on any atom is 0.272 e. The Bertz CT molecular complexity index is 496. The standard InChI is InChI=1S/C14H22N4O3/c1-9(7-21-10-3-5-20-8-10)16-14(19)13-11-6-15-4-2-12(11)17-18-13/h9-10,15H,2-8H2,1H3,(H,16,19)(H,17,18). The van der Waals surface area contributed by atoms with Gasteiger partial charge in [0.05, 0.1) is 19.3 Å². The second-order valence-electron chi connectivity index (χ2n) is 5.65. The van der Waals surface area contributed by atoms with Crippen LogP contribution in [0.2, 0.25) is 0 Å². The summed E-state index contributed by atoms with van der Waals surface area (Å²) in [5, 5.41) is 13.3. The molecule has 2 atom stereocenters. The maximum absolute atomic E-state index is 12.3. The molecule has 1 aromatic heterocycles. The van der Waals surface area contributed by atoms with Gasteiger partial charge in [-0.1, -0.05) is 0 Å². The number of rotatable bonds is 5. The number of amides is 1. The van der Waals surface area contributed by atoms with Crippen LogP contribution < -0.4 is 10.6 Å². The van der Waals surface area contributed by atoms with Crippen molar-refractivity contribution in [2.45, 2.75) is 38.5 Å². The second kappa shape index (κ2) is 6.55. The van der Waals surface area contributed by atoms with Crippen LogP contribution in [-0.4, -0.2) is 54.6 Å². The van der Waals surface area contributed by atoms with E-state index in [4.69, 9.17) is 9.47 Å². The molecule has 0 bridgehead atoms. The van der Waals surface area contributed by atoms with Gasteiger partial charge in [-0.2, -0.15) is 5.10 Å². The van der Waals surface area contributed by atoms with E-state index in [-0.39, 0.29) is 18.1 Å². The number of hydrogen-bond donors (Lipinski definition) is 3. The van der Waals surface area contributed by atoms with E-state index in [1.54, 1.807) is 0 Å². The van der Waals surface area contributed by atoms with Crippen LogP contribution in [0.25, 0.3) is 0 Å². The zero-order chi connectivity index (χ0) is 14.7. The molecule has 21 heavy (non-hydrogen) atoms. The molecule has 0 radical (unpaired) electrons. The molecule has 0 aliphatic carbocycles. The van der Waals surface area contributed by atoms with Gasteiger partial charge in [-0.05, 0) is 13.3 Å². The van der Waals surface area contributed by atoms with E-state index in [9.17, 15) is 4.79 Å². The second-order valence-corrected chi connectivity index (χ2v) is 5.65. The molecule has 7 heteroatoms. The number of carbonyl (C=O) groups excluding carboxylic acids is 1. The Balaban J connectivity index is 1.52. The minimum Gasteiger partial charge on any atom is -0.379 e. The SMILES string of the molecule is CC(COC1CCOC1)NC(=O)c1n[nH]c2c1CNCC2. The summed E-state index contributed by atoms with van der Waals surface area (Å²) in [6.45, 7) is 5.45. The van der Waals surface area contributed by atoms with Gasteiger partial charge in [0.1, 0.15) is 0 Å². The third-order valence-corrected chi connectivity index (χ3v) is 3.87. The molecule has 3 heterocycles. The number of ether oxygens (including phenoxy) is 2. The Kier molecular flexibility index (Phi) is 4.52. The van der Waals surface area contributed by atoms with Crippen molar-refractivity contribution in [3.63, 3.8) is 0 Å². The molecule has 0 spiro atoms. The molecule has 3 N–H and O–H groups in total. The maximum atomic E-state index is 12.3. The fourth-order valence-corrected chi connectivity index (χ4v) is 2.67. The average Bonchev–Trinajstić information content (AvgIpc) is 3.14. The van der Waals surface area contributed by atoms with E-state index in [0.29, 0.717) is 25.5 Å². The largest absolute Gasteiger partial charge is 0.379 e. The predicted octanol–water partition coefficient (Wildman–Crippen LogP) is -0.0208. The molecule has 2 unspecified atom stereocenters. The lowest BCUT2D eigenvalue weighted by Crippen LogP contribution is -2.38. The van der Waals surface area contributed by atoms with E-state index in [0.717, 1.165) is 37.3 Å². The molecule has 116 valence electrons. The van der Waals surface area contributed by atoms with Gasteiger partial charge in [-0.3, -0.25) is 9.89 Å². The van der Waals surface area contributed by atoms with Crippen molar-refractivity contribution in [1.29, 1.82) is 0 Å².